The van der Waals surface area contributed by atoms with E-state index in [0.29, 0.717) is 5.92 Å². The molecular formula is C16H25NO. The van der Waals surface area contributed by atoms with Crippen molar-refractivity contribution in [3.05, 3.63) is 29.8 Å². The Morgan fingerprint density at radius 2 is 1.61 bits per heavy atom. The molecule has 0 aromatic heterocycles. The molecule has 1 rings (SSSR count). The number of carbonyl (C=O) groups excluding carboxylic acids is 1. The number of carbonyl (C=O) groups is 1. The number of amides is 1. The first-order chi connectivity index (χ1) is 8.62. The molecule has 1 atom stereocenters. The van der Waals surface area contributed by atoms with Crippen molar-refractivity contribution in [2.24, 2.45) is 5.92 Å². The van der Waals surface area contributed by atoms with Gasteiger partial charge in [-0.3, -0.25) is 4.79 Å². The first-order valence-corrected chi connectivity index (χ1v) is 7.03. The Morgan fingerprint density at radius 3 is 2.06 bits per heavy atom. The van der Waals surface area contributed by atoms with Crippen LogP contribution in [0.4, 0.5) is 5.69 Å². The fourth-order valence-electron chi connectivity index (χ4n) is 2.03. The monoisotopic (exact) mass is 247 g/mol. The van der Waals surface area contributed by atoms with Crippen molar-refractivity contribution < 1.29 is 4.79 Å². The topological polar surface area (TPSA) is 29.1 Å². The first-order valence-electron chi connectivity index (χ1n) is 7.03. The second-order valence-corrected chi connectivity index (χ2v) is 4.93. The Kier molecular flexibility index (Phi) is 5.90. The van der Waals surface area contributed by atoms with Crippen molar-refractivity contribution in [3.8, 4) is 0 Å². The van der Waals surface area contributed by atoms with Gasteiger partial charge in [0.25, 0.3) is 0 Å². The van der Waals surface area contributed by atoms with E-state index in [1.54, 1.807) is 0 Å². The first kappa shape index (κ1) is 14.7. The highest BCUT2D eigenvalue weighted by Crippen LogP contribution is 2.21. The van der Waals surface area contributed by atoms with Crippen molar-refractivity contribution in [2.75, 3.05) is 5.32 Å². The lowest BCUT2D eigenvalue weighted by Gasteiger charge is -2.14. The summed E-state index contributed by atoms with van der Waals surface area (Å²) in [5.74, 6) is 0.837. The molecule has 1 N–H and O–H groups in total. The van der Waals surface area contributed by atoms with Gasteiger partial charge in [-0.05, 0) is 42.9 Å². The standard InChI is InChI=1S/C16H25NO/c1-5-12(4)14-8-10-15(11-9-14)17-16(18)13(6-2)7-3/h8-13H,5-7H2,1-4H3,(H,17,18)/t12-/m0/s1. The molecule has 0 radical (unpaired) electrons. The lowest BCUT2D eigenvalue weighted by atomic mass is 9.98. The van der Waals surface area contributed by atoms with E-state index < -0.39 is 0 Å². The molecule has 1 aromatic rings. The third-order valence-corrected chi connectivity index (χ3v) is 3.72. The molecular weight excluding hydrogens is 222 g/mol. The molecule has 0 saturated heterocycles. The van der Waals surface area contributed by atoms with Crippen molar-refractivity contribution in [3.63, 3.8) is 0 Å². The molecule has 0 unspecified atom stereocenters. The third-order valence-electron chi connectivity index (χ3n) is 3.72. The van der Waals surface area contributed by atoms with Gasteiger partial charge in [0.05, 0.1) is 0 Å². The maximum absolute atomic E-state index is 11.9. The molecule has 2 nitrogen and oxygen atoms in total. The Balaban J connectivity index is 2.66. The Morgan fingerprint density at radius 1 is 1.06 bits per heavy atom. The largest absolute Gasteiger partial charge is 0.326 e. The van der Waals surface area contributed by atoms with Crippen LogP contribution in [0.25, 0.3) is 0 Å². The van der Waals surface area contributed by atoms with Gasteiger partial charge < -0.3 is 5.32 Å². The molecule has 100 valence electrons. The lowest BCUT2D eigenvalue weighted by molar-refractivity contribution is -0.120. The van der Waals surface area contributed by atoms with Gasteiger partial charge in [0.1, 0.15) is 0 Å². The molecule has 0 heterocycles. The average Bonchev–Trinajstić information content (AvgIpc) is 2.40. The van der Waals surface area contributed by atoms with Gasteiger partial charge in [0.15, 0.2) is 0 Å². The SMILES string of the molecule is CCC(CC)C(=O)Nc1ccc([C@@H](C)CC)cc1. The van der Waals surface area contributed by atoms with E-state index in [0.717, 1.165) is 24.9 Å². The molecule has 2 heteroatoms. The van der Waals surface area contributed by atoms with E-state index in [2.05, 4.69) is 45.1 Å². The van der Waals surface area contributed by atoms with Gasteiger partial charge in [-0.2, -0.15) is 0 Å². The molecule has 0 aliphatic carbocycles. The number of hydrogen-bond donors (Lipinski definition) is 1. The number of nitrogens with one attached hydrogen (secondary N) is 1. The molecule has 18 heavy (non-hydrogen) atoms. The minimum absolute atomic E-state index is 0.124. The number of rotatable bonds is 6. The van der Waals surface area contributed by atoms with E-state index in [1.165, 1.54) is 5.56 Å². The number of benzene rings is 1. The van der Waals surface area contributed by atoms with Crippen molar-refractivity contribution in [1.82, 2.24) is 0 Å². The van der Waals surface area contributed by atoms with E-state index in [1.807, 2.05) is 12.1 Å². The normalized spacial score (nSPS) is 12.5. The van der Waals surface area contributed by atoms with Gasteiger partial charge in [-0.25, -0.2) is 0 Å². The Bertz CT molecular complexity index is 365. The summed E-state index contributed by atoms with van der Waals surface area (Å²) in [5.41, 5.74) is 2.23. The van der Waals surface area contributed by atoms with Crippen LogP contribution in [0.3, 0.4) is 0 Å². The van der Waals surface area contributed by atoms with Gasteiger partial charge in [-0.1, -0.05) is 39.8 Å². The summed E-state index contributed by atoms with van der Waals surface area (Å²) in [5, 5.41) is 2.99. The molecule has 1 aromatic carbocycles. The van der Waals surface area contributed by atoms with Gasteiger partial charge in [0.2, 0.25) is 5.91 Å². The molecule has 0 spiro atoms. The highest BCUT2D eigenvalue weighted by molar-refractivity contribution is 5.92. The van der Waals surface area contributed by atoms with Crippen LogP contribution in [0, 0.1) is 5.92 Å². The summed E-state index contributed by atoms with van der Waals surface area (Å²) in [6, 6.07) is 8.22. The predicted molar refractivity (Wildman–Crippen MR) is 77.8 cm³/mol. The van der Waals surface area contributed by atoms with Gasteiger partial charge in [-0.15, -0.1) is 0 Å². The summed E-state index contributed by atoms with van der Waals surface area (Å²) in [4.78, 5) is 11.9. The minimum Gasteiger partial charge on any atom is -0.326 e. The minimum atomic E-state index is 0.124. The maximum Gasteiger partial charge on any atom is 0.227 e. The van der Waals surface area contributed by atoms with Crippen molar-refractivity contribution in [1.29, 1.82) is 0 Å². The van der Waals surface area contributed by atoms with Gasteiger partial charge >= 0.3 is 0 Å². The fraction of sp³-hybridized carbons (Fsp3) is 0.562. The van der Waals surface area contributed by atoms with Crippen molar-refractivity contribution >= 4 is 11.6 Å². The van der Waals surface area contributed by atoms with Crippen LogP contribution in [0.2, 0.25) is 0 Å². The summed E-state index contributed by atoms with van der Waals surface area (Å²) in [6.45, 7) is 8.52. The van der Waals surface area contributed by atoms with Crippen molar-refractivity contribution in [2.45, 2.75) is 52.9 Å². The average molecular weight is 247 g/mol. The number of hydrogen-bond acceptors (Lipinski definition) is 1. The highest BCUT2D eigenvalue weighted by atomic mass is 16.1. The summed E-state index contributed by atoms with van der Waals surface area (Å²) >= 11 is 0. The van der Waals surface area contributed by atoms with Crippen LogP contribution in [-0.4, -0.2) is 5.91 Å². The van der Waals surface area contributed by atoms with Crippen LogP contribution in [0.15, 0.2) is 24.3 Å². The summed E-state index contributed by atoms with van der Waals surface area (Å²) < 4.78 is 0. The zero-order valence-electron chi connectivity index (χ0n) is 12.0. The number of anilines is 1. The summed E-state index contributed by atoms with van der Waals surface area (Å²) in [7, 11) is 0. The van der Waals surface area contributed by atoms with Crippen LogP contribution in [0.5, 0.6) is 0 Å². The molecule has 0 fully saturated rings. The van der Waals surface area contributed by atoms with Crippen LogP contribution in [0.1, 0.15) is 58.4 Å². The zero-order valence-corrected chi connectivity index (χ0v) is 12.0. The second kappa shape index (κ2) is 7.20. The van der Waals surface area contributed by atoms with Crippen LogP contribution in [-0.2, 0) is 4.79 Å². The van der Waals surface area contributed by atoms with Crippen LogP contribution < -0.4 is 5.32 Å². The van der Waals surface area contributed by atoms with E-state index in [4.69, 9.17) is 0 Å². The molecule has 0 saturated carbocycles. The molecule has 0 bridgehead atoms. The van der Waals surface area contributed by atoms with E-state index in [9.17, 15) is 4.79 Å². The molecule has 0 aliphatic heterocycles. The second-order valence-electron chi connectivity index (χ2n) is 4.93. The lowest BCUT2D eigenvalue weighted by Crippen LogP contribution is -2.21. The highest BCUT2D eigenvalue weighted by Gasteiger charge is 2.14. The van der Waals surface area contributed by atoms with Crippen LogP contribution >= 0.6 is 0 Å². The van der Waals surface area contributed by atoms with E-state index in [-0.39, 0.29) is 11.8 Å². The molecule has 0 aliphatic rings. The Labute approximate surface area is 111 Å². The van der Waals surface area contributed by atoms with Gasteiger partial charge in [0, 0.05) is 11.6 Å². The fourth-order valence-corrected chi connectivity index (χ4v) is 2.03. The smallest absolute Gasteiger partial charge is 0.227 e. The maximum atomic E-state index is 11.9. The van der Waals surface area contributed by atoms with E-state index >= 15 is 0 Å². The molecule has 1 amide bonds. The Hall–Kier alpha value is -1.31. The summed E-state index contributed by atoms with van der Waals surface area (Å²) in [6.07, 6.45) is 2.93. The zero-order chi connectivity index (χ0) is 13.5. The quantitative estimate of drug-likeness (QED) is 0.783. The third kappa shape index (κ3) is 3.86. The predicted octanol–water partition coefficient (Wildman–Crippen LogP) is 4.57.